The van der Waals surface area contributed by atoms with Crippen LogP contribution in [-0.2, 0) is 59.0 Å². The number of amides is 6. The molecule has 1 fully saturated rings. The molecule has 13 atom stereocenters. The first kappa shape index (κ1) is 81.0. The lowest BCUT2D eigenvalue weighted by molar-refractivity contribution is -0.162. The van der Waals surface area contributed by atoms with Gasteiger partial charge >= 0.3 is 24.0 Å². The van der Waals surface area contributed by atoms with Gasteiger partial charge in [0.05, 0.1) is 18.8 Å². The van der Waals surface area contributed by atoms with E-state index in [0.29, 0.717) is 18.4 Å². The van der Waals surface area contributed by atoms with Gasteiger partial charge in [-0.15, -0.1) is 11.3 Å². The van der Waals surface area contributed by atoms with E-state index in [9.17, 15) is 73.8 Å². The predicted molar refractivity (Wildman–Crippen MR) is 346 cm³/mol. The molecule has 0 saturated carbocycles. The normalized spacial score (nSPS) is 17.3. The van der Waals surface area contributed by atoms with Crippen LogP contribution in [0, 0.1) is 35.5 Å². The second-order valence-electron chi connectivity index (χ2n) is 24.4. The summed E-state index contributed by atoms with van der Waals surface area (Å²) in [5, 5.41) is 77.2. The smallest absolute Gasteiger partial charge is 0.426 e. The molecule has 12 N–H and O–H groups in total. The van der Waals surface area contributed by atoms with Gasteiger partial charge in [0.15, 0.2) is 18.6 Å². The zero-order chi connectivity index (χ0) is 69.6. The van der Waals surface area contributed by atoms with Gasteiger partial charge in [-0.1, -0.05) is 102 Å². The first-order valence-electron chi connectivity index (χ1n) is 31.4. The number of benzene rings is 1. The number of likely N-dealkylation sites (tertiary alicyclic amines) is 1. The van der Waals surface area contributed by atoms with Gasteiger partial charge in [0, 0.05) is 85.9 Å². The number of ether oxygens (including phenoxy) is 3. The number of aromatic nitrogens is 1. The molecule has 28 nitrogen and oxygen atoms in total. The molecule has 2 heterocycles. The van der Waals surface area contributed by atoms with Crippen molar-refractivity contribution in [1.82, 2.24) is 41.6 Å². The predicted octanol–water partition coefficient (Wildman–Crippen LogP) is 3.39. The van der Waals surface area contributed by atoms with Crippen molar-refractivity contribution >= 4 is 92.2 Å². The fourth-order valence-electron chi connectivity index (χ4n) is 10.1. The highest BCUT2D eigenvalue weighted by Gasteiger charge is 2.40. The van der Waals surface area contributed by atoms with Gasteiger partial charge in [-0.05, 0) is 81.1 Å². The molecule has 1 aromatic carbocycles. The molecule has 0 radical (unpaired) electrons. The molecule has 524 valence electrons. The number of hydrogen-bond acceptors (Lipinski definition) is 24. The van der Waals surface area contributed by atoms with E-state index in [-0.39, 0.29) is 115 Å². The minimum absolute atomic E-state index is 0.00479. The summed E-state index contributed by atoms with van der Waals surface area (Å²) in [6.45, 7) is 14.4. The Morgan fingerprint density at radius 3 is 2.13 bits per heavy atom. The van der Waals surface area contributed by atoms with E-state index in [1.807, 2.05) is 53.5 Å². The number of phenolic OH excluding ortho intramolecular Hbond substituents is 1. The fourth-order valence-corrected chi connectivity index (χ4v) is 12.9. The molecule has 1 aliphatic rings. The Hall–Kier alpha value is -6.19. The van der Waals surface area contributed by atoms with Crippen molar-refractivity contribution in [3.8, 4) is 5.75 Å². The number of thiazole rings is 1. The van der Waals surface area contributed by atoms with E-state index < -0.39 is 134 Å². The molecule has 2 unspecified atom stereocenters. The molecule has 0 bridgehead atoms. The number of rotatable bonds is 41. The fraction of sp³-hybridized carbons (Fsp3) is 0.694. The second-order valence-corrected chi connectivity index (χ2v) is 27.9. The molecule has 1 aliphatic heterocycles. The van der Waals surface area contributed by atoms with E-state index in [1.165, 1.54) is 36.3 Å². The minimum Gasteiger partial charge on any atom is -0.508 e. The van der Waals surface area contributed by atoms with E-state index in [2.05, 4.69) is 31.8 Å². The molecule has 6 amide bonds. The van der Waals surface area contributed by atoms with Crippen molar-refractivity contribution in [2.45, 2.75) is 188 Å². The Labute approximate surface area is 555 Å². The summed E-state index contributed by atoms with van der Waals surface area (Å²) in [7, 11) is 4.12. The van der Waals surface area contributed by atoms with Crippen LogP contribution in [0.25, 0.3) is 0 Å². The first-order chi connectivity index (χ1) is 43.9. The Morgan fingerprint density at radius 1 is 0.839 bits per heavy atom. The van der Waals surface area contributed by atoms with Crippen molar-refractivity contribution in [3.63, 3.8) is 0 Å². The van der Waals surface area contributed by atoms with Crippen LogP contribution >= 0.6 is 32.9 Å². The van der Waals surface area contributed by atoms with Gasteiger partial charge in [0.2, 0.25) is 23.6 Å². The Balaban J connectivity index is 1.65. The zero-order valence-corrected chi connectivity index (χ0v) is 57.2. The number of esters is 2. The molecular weight excluding hydrogens is 1270 g/mol. The molecular formula is C62H98N8O20S3. The van der Waals surface area contributed by atoms with Crippen LogP contribution in [0.15, 0.2) is 29.6 Å². The number of nitrogens with one attached hydrogen (secondary N) is 5. The lowest BCUT2D eigenvalue weighted by Crippen LogP contribution is -2.50. The second kappa shape index (κ2) is 41.6. The van der Waals surface area contributed by atoms with Gasteiger partial charge in [0.25, 0.3) is 5.91 Å². The lowest BCUT2D eigenvalue weighted by Gasteiger charge is -2.39. The third kappa shape index (κ3) is 28.7. The van der Waals surface area contributed by atoms with Crippen LogP contribution in [0.4, 0.5) is 4.79 Å². The Bertz CT molecular complexity index is 2730. The molecule has 0 aliphatic carbocycles. The van der Waals surface area contributed by atoms with Crippen LogP contribution in [0.1, 0.15) is 154 Å². The number of aliphatic hydroxyl groups is 5. The number of aliphatic hydroxyl groups excluding tert-OH is 5. The summed E-state index contributed by atoms with van der Waals surface area (Å²) < 4.78 is 16.8. The number of hydrogen-bond donors (Lipinski definition) is 12. The number of carboxylic acids is 1. The molecule has 3 rings (SSSR count). The molecule has 93 heavy (non-hydrogen) atoms. The number of Topliss-reactive ketones (excluding diaryl/α,β-unsaturated/α-hetero) is 1. The third-order valence-electron chi connectivity index (χ3n) is 15.9. The number of phenols is 1. The SMILES string of the molecule is CCC(C)[C@H](CC(=O)[C@H]1CCCCN1C)C(=O)N(COC(=O)CC(C)C)[C@H](C[C@@H](OC(C)=O)c1nc(C(=O)N[C@@H](Cc2ccc(O)cc2)C[C@H](C)C(=O)NNC(=O)OCCSSCC(NC(=O)[C@H](C)CCC(=O)NC[C@H](O)[C@@H](O)[C@H](O)[C@H](O)CO)C(=O)O)cs1)C(C)C. The van der Waals surface area contributed by atoms with Crippen LogP contribution in [0.3, 0.4) is 0 Å². The number of nitrogens with zero attached hydrogens (tertiary/aromatic N) is 3. The van der Waals surface area contributed by atoms with Crippen LogP contribution in [0.2, 0.25) is 0 Å². The van der Waals surface area contributed by atoms with Gasteiger partial charge in [-0.2, -0.15) is 0 Å². The zero-order valence-electron chi connectivity index (χ0n) is 54.8. The van der Waals surface area contributed by atoms with Crippen molar-refractivity contribution in [2.75, 3.05) is 51.6 Å². The average Bonchev–Trinajstić information content (AvgIpc) is 1.85. The monoisotopic (exact) mass is 1370 g/mol. The summed E-state index contributed by atoms with van der Waals surface area (Å²) in [5.74, 6) is -8.39. The molecule has 31 heteroatoms. The number of hydrazine groups is 1. The van der Waals surface area contributed by atoms with Crippen molar-refractivity contribution in [2.24, 2.45) is 35.5 Å². The lowest BCUT2D eigenvalue weighted by atomic mass is 9.82. The van der Waals surface area contributed by atoms with E-state index in [0.717, 1.165) is 52.3 Å². The average molecular weight is 1370 g/mol. The summed E-state index contributed by atoms with van der Waals surface area (Å²) in [4.78, 5) is 140. The van der Waals surface area contributed by atoms with E-state index >= 15 is 4.79 Å². The van der Waals surface area contributed by atoms with Crippen molar-refractivity contribution in [1.29, 1.82) is 0 Å². The van der Waals surface area contributed by atoms with Crippen LogP contribution < -0.4 is 26.8 Å². The Morgan fingerprint density at radius 2 is 1.52 bits per heavy atom. The molecule has 0 spiro atoms. The highest BCUT2D eigenvalue weighted by molar-refractivity contribution is 8.76. The number of carbonyl (C=O) groups excluding carboxylic acids is 9. The van der Waals surface area contributed by atoms with Gasteiger partial charge < -0.3 is 70.8 Å². The molecule has 1 aromatic heterocycles. The first-order valence-corrected chi connectivity index (χ1v) is 34.7. The van der Waals surface area contributed by atoms with E-state index in [1.54, 1.807) is 19.1 Å². The van der Waals surface area contributed by atoms with E-state index in [4.69, 9.17) is 19.3 Å². The number of piperidine rings is 1. The quantitative estimate of drug-likeness (QED) is 0.0113. The number of aromatic hydroxyl groups is 1. The largest absolute Gasteiger partial charge is 0.508 e. The third-order valence-corrected chi connectivity index (χ3v) is 19.3. The summed E-state index contributed by atoms with van der Waals surface area (Å²) in [5.41, 5.74) is 5.13. The highest BCUT2D eigenvalue weighted by atomic mass is 33.1. The highest BCUT2D eigenvalue weighted by Crippen LogP contribution is 2.34. The topological polar surface area (TPSA) is 420 Å². The summed E-state index contributed by atoms with van der Waals surface area (Å²) >= 11 is 1.05. The maximum absolute atomic E-state index is 15.1. The molecule has 1 saturated heterocycles. The molecule has 2 aromatic rings. The maximum Gasteiger partial charge on any atom is 0.426 e. The number of carboxylic acid groups (broad SMARTS) is 1. The summed E-state index contributed by atoms with van der Waals surface area (Å²) in [6.07, 6.45) is -6.07. The van der Waals surface area contributed by atoms with Crippen molar-refractivity contribution in [3.05, 3.63) is 45.9 Å². The summed E-state index contributed by atoms with van der Waals surface area (Å²) in [6, 6.07) is 3.12. The number of carbonyl (C=O) groups is 10. The maximum atomic E-state index is 15.1. The number of aliphatic carboxylic acids is 1. The number of likely N-dealkylation sites (N-methyl/N-ethyl adjacent to an activating group) is 1. The Kier molecular flexibility index (Phi) is 36.2. The standard InChI is InChI=1S/C62H98N8O20S3/c1-11-36(6)43(27-48(74)46-14-12-13-21-69(46)10)60(84)70(33-89-53(78)24-34(2)3)47(35(4)5)28-51(90-39(9)72)59-66-44(31-91-59)58(83)64-41(26-40-16-18-42(73)19-17-40)25-38(8)57(82)67-68-62(87)88-22-23-92-93-32-45(61(85)86)65-56(81)37(7)15-20-52(77)63-29-49(75)54(79)55(80)50(76)30-71/h16-19,31,34-38,41,43,45-47,49-51,54-55,71,73,75-76,79-80H,11-15,20-30,32-33H2,1-10H3,(H,63,77)(H,64,83)(H,65,81)(H,67,82)(H,68,87)(H,85,86)/t36?,37-,38+,41-,43+,45?,46-,47-,49+,50-,51-,54-,55-/m1/s1. The van der Waals surface area contributed by atoms with Crippen LogP contribution in [0.5, 0.6) is 5.75 Å². The number of ketones is 1. The van der Waals surface area contributed by atoms with Gasteiger partial charge in [-0.25, -0.2) is 20.0 Å². The van der Waals surface area contributed by atoms with Crippen LogP contribution in [-0.4, -0.2) is 210 Å². The van der Waals surface area contributed by atoms with Crippen molar-refractivity contribution < 1.29 is 97.9 Å². The minimum atomic E-state index is -1.88. The van der Waals surface area contributed by atoms with Gasteiger partial charge in [-0.3, -0.25) is 48.7 Å². The van der Waals surface area contributed by atoms with Gasteiger partial charge in [0.1, 0.15) is 47.4 Å².